The van der Waals surface area contributed by atoms with Crippen LogP contribution in [0.1, 0.15) is 21.6 Å². The number of carbonyl (C=O) groups excluding carboxylic acids is 1. The Bertz CT molecular complexity index is 880. The number of nitrogens with one attached hydrogen (secondary N) is 2. The summed E-state index contributed by atoms with van der Waals surface area (Å²) in [6.07, 6.45) is 0.775. The lowest BCUT2D eigenvalue weighted by molar-refractivity contribution is 0.0957. The Labute approximate surface area is 134 Å². The highest BCUT2D eigenvalue weighted by atomic mass is 16.1. The number of rotatable bonds is 3. The summed E-state index contributed by atoms with van der Waals surface area (Å²) in [4.78, 5) is 12.2. The average molecular weight is 306 g/mol. The van der Waals surface area contributed by atoms with Crippen LogP contribution in [0.2, 0.25) is 0 Å². The Balaban J connectivity index is 1.89. The number of aromatic nitrogens is 2. The van der Waals surface area contributed by atoms with E-state index in [1.807, 2.05) is 29.9 Å². The van der Waals surface area contributed by atoms with Crippen LogP contribution in [0.5, 0.6) is 0 Å². The maximum Gasteiger partial charge on any atom is 0.252 e. The van der Waals surface area contributed by atoms with Gasteiger partial charge in [0.05, 0.1) is 22.5 Å². The first-order chi connectivity index (χ1) is 11.3. The highest BCUT2D eigenvalue weighted by Crippen LogP contribution is 2.27. The van der Waals surface area contributed by atoms with Gasteiger partial charge >= 0.3 is 0 Å². The molecule has 0 unspecified atom stereocenters. The van der Waals surface area contributed by atoms with E-state index in [9.17, 15) is 4.79 Å². The molecule has 5 nitrogen and oxygen atoms in total. The number of nitrogens with zero attached hydrogens (tertiary/aromatic N) is 2. The van der Waals surface area contributed by atoms with Crippen LogP contribution < -0.4 is 10.6 Å². The molecule has 2 aromatic carbocycles. The van der Waals surface area contributed by atoms with Crippen LogP contribution in [0.25, 0.3) is 16.6 Å². The van der Waals surface area contributed by atoms with E-state index in [1.165, 1.54) is 5.56 Å². The molecule has 2 N–H and O–H groups in total. The molecule has 0 fully saturated rings. The highest BCUT2D eigenvalue weighted by Gasteiger charge is 2.22. The summed E-state index contributed by atoms with van der Waals surface area (Å²) in [5.74, 6) is -0.0155. The summed E-state index contributed by atoms with van der Waals surface area (Å²) in [5, 5.41) is 11.8. The molecule has 1 aromatic heterocycles. The zero-order chi connectivity index (χ0) is 15.8. The van der Waals surface area contributed by atoms with Crippen molar-refractivity contribution >= 4 is 16.8 Å². The van der Waals surface area contributed by atoms with E-state index in [4.69, 9.17) is 5.10 Å². The normalized spacial score (nSPS) is 13.9. The molecule has 116 valence electrons. The summed E-state index contributed by atoms with van der Waals surface area (Å²) >= 11 is 0. The lowest BCUT2D eigenvalue weighted by Gasteiger charge is -2.08. The van der Waals surface area contributed by atoms with E-state index in [-0.39, 0.29) is 5.91 Å². The number of benzene rings is 2. The van der Waals surface area contributed by atoms with Crippen molar-refractivity contribution < 1.29 is 4.79 Å². The first-order valence-corrected chi connectivity index (χ1v) is 7.80. The van der Waals surface area contributed by atoms with Crippen LogP contribution in [0.15, 0.2) is 42.5 Å². The fraction of sp³-hybridized carbons (Fsp3) is 0.222. The molecule has 0 saturated carbocycles. The van der Waals surface area contributed by atoms with Crippen molar-refractivity contribution in [2.45, 2.75) is 13.0 Å². The van der Waals surface area contributed by atoms with Gasteiger partial charge in [-0.25, -0.2) is 4.68 Å². The zero-order valence-electron chi connectivity index (χ0n) is 13.0. The molecular weight excluding hydrogens is 288 g/mol. The smallest absolute Gasteiger partial charge is 0.252 e. The highest BCUT2D eigenvalue weighted by molar-refractivity contribution is 6.08. The fourth-order valence-corrected chi connectivity index (χ4v) is 3.18. The largest absolute Gasteiger partial charge is 0.352 e. The van der Waals surface area contributed by atoms with E-state index in [0.717, 1.165) is 35.2 Å². The van der Waals surface area contributed by atoms with Gasteiger partial charge in [-0.15, -0.1) is 0 Å². The maximum atomic E-state index is 12.2. The molecule has 0 radical (unpaired) electrons. The summed E-state index contributed by atoms with van der Waals surface area (Å²) < 4.78 is 1.97. The van der Waals surface area contributed by atoms with Gasteiger partial charge in [0.2, 0.25) is 0 Å². The Morgan fingerprint density at radius 2 is 2.04 bits per heavy atom. The summed E-state index contributed by atoms with van der Waals surface area (Å²) in [6, 6.07) is 14.1. The Hall–Kier alpha value is -2.66. The predicted octanol–water partition coefficient (Wildman–Crippen LogP) is 2.03. The quantitative estimate of drug-likeness (QED) is 0.778. The van der Waals surface area contributed by atoms with Gasteiger partial charge in [0.15, 0.2) is 0 Å². The van der Waals surface area contributed by atoms with Gasteiger partial charge in [-0.2, -0.15) is 5.10 Å². The van der Waals surface area contributed by atoms with Crippen molar-refractivity contribution in [2.75, 3.05) is 13.6 Å². The number of carbonyl (C=O) groups is 1. The minimum absolute atomic E-state index is 0.0155. The van der Waals surface area contributed by atoms with Crippen molar-refractivity contribution in [1.29, 1.82) is 0 Å². The standard InChI is InChI=1S/C18H18N4O/c1-19-11-12-5-7-13(8-6-12)22-16-9-10-20-18(23)14-3-2-4-15(21-22)17(14)16/h2-8,19H,9-11H2,1H3,(H,20,23). The maximum absolute atomic E-state index is 12.2. The van der Waals surface area contributed by atoms with E-state index in [2.05, 4.69) is 34.9 Å². The molecule has 1 aliphatic heterocycles. The lowest BCUT2D eigenvalue weighted by Crippen LogP contribution is -2.23. The lowest BCUT2D eigenvalue weighted by atomic mass is 10.1. The number of amides is 1. The monoisotopic (exact) mass is 306 g/mol. The second-order valence-electron chi connectivity index (χ2n) is 5.76. The SMILES string of the molecule is CNCc1ccc(-n2nc3cccc4c3c2CCNC4=O)cc1. The zero-order valence-corrected chi connectivity index (χ0v) is 13.0. The molecule has 4 rings (SSSR count). The molecule has 1 amide bonds. The van der Waals surface area contributed by atoms with Crippen LogP contribution in [0.4, 0.5) is 0 Å². The minimum atomic E-state index is -0.0155. The third kappa shape index (κ3) is 2.29. The molecule has 1 aliphatic rings. The van der Waals surface area contributed by atoms with Gasteiger partial charge in [-0.1, -0.05) is 18.2 Å². The minimum Gasteiger partial charge on any atom is -0.352 e. The molecule has 0 aliphatic carbocycles. The van der Waals surface area contributed by atoms with Crippen molar-refractivity contribution in [3.8, 4) is 5.69 Å². The second kappa shape index (κ2) is 5.52. The van der Waals surface area contributed by atoms with E-state index in [0.29, 0.717) is 12.1 Å². The van der Waals surface area contributed by atoms with Gasteiger partial charge in [-0.05, 0) is 36.9 Å². The van der Waals surface area contributed by atoms with Gasteiger partial charge in [0.1, 0.15) is 0 Å². The summed E-state index contributed by atoms with van der Waals surface area (Å²) in [5.41, 5.74) is 4.94. The third-order valence-corrected chi connectivity index (χ3v) is 4.25. The summed E-state index contributed by atoms with van der Waals surface area (Å²) in [6.45, 7) is 1.48. The molecule has 5 heteroatoms. The van der Waals surface area contributed by atoms with Crippen molar-refractivity contribution in [2.24, 2.45) is 0 Å². The van der Waals surface area contributed by atoms with Gasteiger partial charge in [-0.3, -0.25) is 4.79 Å². The molecule has 0 saturated heterocycles. The van der Waals surface area contributed by atoms with Gasteiger partial charge in [0.25, 0.3) is 5.91 Å². The Morgan fingerprint density at radius 1 is 1.22 bits per heavy atom. The van der Waals surface area contributed by atoms with E-state index < -0.39 is 0 Å². The molecule has 23 heavy (non-hydrogen) atoms. The van der Waals surface area contributed by atoms with Crippen molar-refractivity contribution in [3.05, 3.63) is 59.3 Å². The van der Waals surface area contributed by atoms with Crippen LogP contribution in [-0.4, -0.2) is 29.3 Å². The van der Waals surface area contributed by atoms with E-state index in [1.54, 1.807) is 0 Å². The first kappa shape index (κ1) is 14.0. The molecule has 0 atom stereocenters. The Kier molecular flexibility index (Phi) is 3.35. The topological polar surface area (TPSA) is 59.0 Å². The Morgan fingerprint density at radius 3 is 2.83 bits per heavy atom. The summed E-state index contributed by atoms with van der Waals surface area (Å²) in [7, 11) is 1.94. The van der Waals surface area contributed by atoms with Crippen molar-refractivity contribution in [1.82, 2.24) is 20.4 Å². The van der Waals surface area contributed by atoms with Crippen LogP contribution >= 0.6 is 0 Å². The van der Waals surface area contributed by atoms with Crippen LogP contribution in [0, 0.1) is 0 Å². The fourth-order valence-electron chi connectivity index (χ4n) is 3.18. The molecular formula is C18H18N4O. The molecule has 3 aromatic rings. The predicted molar refractivity (Wildman–Crippen MR) is 89.9 cm³/mol. The van der Waals surface area contributed by atoms with Gasteiger partial charge in [0, 0.05) is 24.9 Å². The van der Waals surface area contributed by atoms with Crippen LogP contribution in [0.3, 0.4) is 0 Å². The second-order valence-corrected chi connectivity index (χ2v) is 5.76. The number of hydrogen-bond donors (Lipinski definition) is 2. The van der Waals surface area contributed by atoms with Crippen molar-refractivity contribution in [3.63, 3.8) is 0 Å². The van der Waals surface area contributed by atoms with E-state index >= 15 is 0 Å². The molecule has 0 spiro atoms. The third-order valence-electron chi connectivity index (χ3n) is 4.25. The first-order valence-electron chi connectivity index (χ1n) is 7.80. The average Bonchev–Trinajstić information content (AvgIpc) is 2.85. The van der Waals surface area contributed by atoms with Gasteiger partial charge < -0.3 is 10.6 Å². The molecule has 0 bridgehead atoms. The molecule has 2 heterocycles. The number of hydrogen-bond acceptors (Lipinski definition) is 3. The van der Waals surface area contributed by atoms with Crippen LogP contribution in [-0.2, 0) is 13.0 Å².